The van der Waals surface area contributed by atoms with Gasteiger partial charge in [0, 0.05) is 12.8 Å². The van der Waals surface area contributed by atoms with Crippen LogP contribution in [0, 0.1) is 0 Å². The van der Waals surface area contributed by atoms with Crippen molar-refractivity contribution < 1.29 is 23.8 Å². The highest BCUT2D eigenvalue weighted by atomic mass is 16.6. The Morgan fingerprint density at radius 1 is 1.06 bits per heavy atom. The van der Waals surface area contributed by atoms with E-state index in [4.69, 9.17) is 14.2 Å². The summed E-state index contributed by atoms with van der Waals surface area (Å²) < 4.78 is 16.2. The maximum Gasteiger partial charge on any atom is 0.408 e. The molecule has 3 rings (SSSR count). The number of nitrogens with one attached hydrogen (secondary N) is 1. The Hall–Kier alpha value is -3.02. The van der Waals surface area contributed by atoms with Crippen LogP contribution in [0.5, 0.6) is 5.75 Å². The second kappa shape index (κ2) is 11.2. The summed E-state index contributed by atoms with van der Waals surface area (Å²) >= 11 is 0. The zero-order valence-electron chi connectivity index (χ0n) is 20.1. The number of hydrogen-bond acceptors (Lipinski definition) is 5. The predicted octanol–water partition coefficient (Wildman–Crippen LogP) is 4.80. The van der Waals surface area contributed by atoms with Gasteiger partial charge in [0.15, 0.2) is 0 Å². The SMILES string of the molecule is COC(=O)C(Cc1cccc(OCCc2cccc3c2CCCC3)c1)NC(=O)OC(C)(C)C. The molecular weight excluding hydrogens is 418 g/mol. The van der Waals surface area contributed by atoms with Crippen LogP contribution in [0.1, 0.15) is 55.9 Å². The van der Waals surface area contributed by atoms with Gasteiger partial charge in [-0.2, -0.15) is 0 Å². The Bertz CT molecular complexity index is 963. The molecule has 0 radical (unpaired) electrons. The average Bonchev–Trinajstić information content (AvgIpc) is 2.77. The van der Waals surface area contributed by atoms with Crippen LogP contribution in [0.25, 0.3) is 0 Å². The zero-order chi connectivity index (χ0) is 23.8. The minimum atomic E-state index is -0.851. The van der Waals surface area contributed by atoms with E-state index in [1.165, 1.54) is 43.1 Å². The summed E-state index contributed by atoms with van der Waals surface area (Å²) in [5.74, 6) is 0.208. The summed E-state index contributed by atoms with van der Waals surface area (Å²) in [6.45, 7) is 5.89. The number of benzene rings is 2. The number of aryl methyl sites for hydroxylation is 1. The quantitative estimate of drug-likeness (QED) is 0.582. The van der Waals surface area contributed by atoms with Crippen molar-refractivity contribution in [1.82, 2.24) is 5.32 Å². The van der Waals surface area contributed by atoms with Crippen molar-refractivity contribution >= 4 is 12.1 Å². The van der Waals surface area contributed by atoms with Crippen molar-refractivity contribution in [3.8, 4) is 5.75 Å². The van der Waals surface area contributed by atoms with Gasteiger partial charge in [-0.05, 0) is 80.8 Å². The Kier molecular flexibility index (Phi) is 8.37. The molecule has 1 aliphatic carbocycles. The predicted molar refractivity (Wildman–Crippen MR) is 128 cm³/mol. The topological polar surface area (TPSA) is 73.9 Å². The first kappa shape index (κ1) is 24.6. The van der Waals surface area contributed by atoms with Gasteiger partial charge in [-0.3, -0.25) is 0 Å². The van der Waals surface area contributed by atoms with Gasteiger partial charge in [0.1, 0.15) is 17.4 Å². The molecule has 0 saturated heterocycles. The lowest BCUT2D eigenvalue weighted by atomic mass is 9.87. The molecule has 0 saturated carbocycles. The summed E-state index contributed by atoms with van der Waals surface area (Å²) in [4.78, 5) is 24.4. The highest BCUT2D eigenvalue weighted by Crippen LogP contribution is 2.25. The van der Waals surface area contributed by atoms with Gasteiger partial charge in [-0.25, -0.2) is 9.59 Å². The van der Waals surface area contributed by atoms with Gasteiger partial charge in [-0.15, -0.1) is 0 Å². The van der Waals surface area contributed by atoms with E-state index in [0.29, 0.717) is 6.61 Å². The number of esters is 1. The van der Waals surface area contributed by atoms with E-state index in [1.54, 1.807) is 20.8 Å². The molecule has 2 aromatic carbocycles. The number of ether oxygens (including phenoxy) is 3. The highest BCUT2D eigenvalue weighted by Gasteiger charge is 2.25. The lowest BCUT2D eigenvalue weighted by molar-refractivity contribution is -0.143. The molecule has 1 atom stereocenters. The van der Waals surface area contributed by atoms with Crippen molar-refractivity contribution in [2.24, 2.45) is 0 Å². The van der Waals surface area contributed by atoms with Gasteiger partial charge < -0.3 is 19.5 Å². The van der Waals surface area contributed by atoms with Crippen LogP contribution in [-0.4, -0.2) is 37.4 Å². The second-order valence-electron chi connectivity index (χ2n) is 9.43. The summed E-state index contributed by atoms with van der Waals surface area (Å²) in [5.41, 5.74) is 4.55. The first-order valence-electron chi connectivity index (χ1n) is 11.6. The van der Waals surface area contributed by atoms with Crippen LogP contribution in [0.15, 0.2) is 42.5 Å². The van der Waals surface area contributed by atoms with Gasteiger partial charge in [0.25, 0.3) is 0 Å². The van der Waals surface area contributed by atoms with Crippen molar-refractivity contribution in [2.45, 2.75) is 70.9 Å². The largest absolute Gasteiger partial charge is 0.493 e. The maximum absolute atomic E-state index is 12.2. The minimum absolute atomic E-state index is 0.273. The van der Waals surface area contributed by atoms with Gasteiger partial charge in [0.2, 0.25) is 0 Å². The molecule has 1 N–H and O–H groups in total. The Balaban J connectivity index is 1.60. The van der Waals surface area contributed by atoms with E-state index < -0.39 is 23.7 Å². The van der Waals surface area contributed by atoms with Crippen LogP contribution in [0.2, 0.25) is 0 Å². The molecule has 1 unspecified atom stereocenters. The molecule has 0 aromatic heterocycles. The first-order valence-corrected chi connectivity index (χ1v) is 11.6. The molecule has 0 bridgehead atoms. The van der Waals surface area contributed by atoms with E-state index in [9.17, 15) is 9.59 Å². The molecule has 178 valence electrons. The minimum Gasteiger partial charge on any atom is -0.493 e. The second-order valence-corrected chi connectivity index (χ2v) is 9.43. The van der Waals surface area contributed by atoms with E-state index in [-0.39, 0.29) is 6.42 Å². The Morgan fingerprint density at radius 2 is 1.82 bits per heavy atom. The fraction of sp³-hybridized carbons (Fsp3) is 0.481. The fourth-order valence-electron chi connectivity index (χ4n) is 4.16. The third-order valence-electron chi connectivity index (χ3n) is 5.65. The fourth-order valence-corrected chi connectivity index (χ4v) is 4.16. The zero-order valence-corrected chi connectivity index (χ0v) is 20.1. The lowest BCUT2D eigenvalue weighted by Gasteiger charge is -2.22. The molecule has 6 heteroatoms. The number of hydrogen-bond donors (Lipinski definition) is 1. The number of fused-ring (bicyclic) bond motifs is 1. The standard InChI is InChI=1S/C27H35NO5/c1-27(2,3)33-26(30)28-24(25(29)31-4)18-19-9-7-13-22(17-19)32-16-15-21-12-8-11-20-10-5-6-14-23(20)21/h7-9,11-13,17,24H,5-6,10,14-16,18H2,1-4H3,(H,28,30). The van der Waals surface area contributed by atoms with Crippen LogP contribution in [0.4, 0.5) is 4.79 Å². The lowest BCUT2D eigenvalue weighted by Crippen LogP contribution is -2.45. The molecule has 0 fully saturated rings. The third kappa shape index (κ3) is 7.52. The molecule has 1 aliphatic rings. The van der Waals surface area contributed by atoms with E-state index in [0.717, 1.165) is 24.2 Å². The highest BCUT2D eigenvalue weighted by molar-refractivity contribution is 5.81. The summed E-state index contributed by atoms with van der Waals surface area (Å²) in [6.07, 6.45) is 5.33. The molecule has 6 nitrogen and oxygen atoms in total. The average molecular weight is 454 g/mol. The summed E-state index contributed by atoms with van der Waals surface area (Å²) in [7, 11) is 1.30. The van der Waals surface area contributed by atoms with Gasteiger partial charge in [-0.1, -0.05) is 30.3 Å². The van der Waals surface area contributed by atoms with E-state index >= 15 is 0 Å². The van der Waals surface area contributed by atoms with Crippen LogP contribution in [-0.2, 0) is 40.0 Å². The molecule has 2 aromatic rings. The number of methoxy groups -OCH3 is 1. The molecule has 0 spiro atoms. The Morgan fingerprint density at radius 3 is 2.58 bits per heavy atom. The molecular formula is C27H35NO5. The molecule has 1 amide bonds. The van der Waals surface area contributed by atoms with Crippen LogP contribution < -0.4 is 10.1 Å². The van der Waals surface area contributed by atoms with Gasteiger partial charge >= 0.3 is 12.1 Å². The van der Waals surface area contributed by atoms with E-state index in [2.05, 4.69) is 23.5 Å². The number of alkyl carbamates (subject to hydrolysis) is 1. The van der Waals surface area contributed by atoms with Crippen LogP contribution in [0.3, 0.4) is 0 Å². The number of carbonyl (C=O) groups excluding carboxylic acids is 2. The molecule has 0 aliphatic heterocycles. The number of amides is 1. The molecule has 0 heterocycles. The maximum atomic E-state index is 12.2. The number of rotatable bonds is 8. The summed E-state index contributed by atoms with van der Waals surface area (Å²) in [5, 5.41) is 2.61. The first-order chi connectivity index (χ1) is 15.7. The van der Waals surface area contributed by atoms with Crippen molar-refractivity contribution in [2.75, 3.05) is 13.7 Å². The van der Waals surface area contributed by atoms with Crippen molar-refractivity contribution in [3.63, 3.8) is 0 Å². The molecule has 33 heavy (non-hydrogen) atoms. The van der Waals surface area contributed by atoms with Gasteiger partial charge in [0.05, 0.1) is 13.7 Å². The van der Waals surface area contributed by atoms with Crippen molar-refractivity contribution in [3.05, 3.63) is 64.7 Å². The third-order valence-corrected chi connectivity index (χ3v) is 5.65. The smallest absolute Gasteiger partial charge is 0.408 e. The summed E-state index contributed by atoms with van der Waals surface area (Å²) in [6, 6.07) is 13.3. The Labute approximate surface area is 196 Å². The normalized spacial score (nSPS) is 14.1. The van der Waals surface area contributed by atoms with E-state index in [1.807, 2.05) is 24.3 Å². The van der Waals surface area contributed by atoms with Crippen molar-refractivity contribution in [1.29, 1.82) is 0 Å². The van der Waals surface area contributed by atoms with Crippen LogP contribution >= 0.6 is 0 Å². The number of carbonyl (C=O) groups is 2. The monoisotopic (exact) mass is 453 g/mol.